The van der Waals surface area contributed by atoms with Gasteiger partial charge >= 0.3 is 0 Å². The lowest BCUT2D eigenvalue weighted by atomic mass is 9.78. The highest BCUT2D eigenvalue weighted by Gasteiger charge is 2.56. The number of nitrogens with one attached hydrogen (secondary N) is 1. The Kier molecular flexibility index (Phi) is 3.97. The van der Waals surface area contributed by atoms with E-state index in [-0.39, 0.29) is 35.2 Å². The third-order valence-corrected chi connectivity index (χ3v) is 6.76. The molecular formula is C22H22ClFN2O2. The molecule has 5 rings (SSSR count). The smallest absolute Gasteiger partial charge is 0.220 e. The van der Waals surface area contributed by atoms with Crippen LogP contribution in [-0.2, 0) is 14.9 Å². The molecule has 28 heavy (non-hydrogen) atoms. The van der Waals surface area contributed by atoms with E-state index in [1.54, 1.807) is 20.1 Å². The zero-order valence-corrected chi connectivity index (χ0v) is 16.6. The topological polar surface area (TPSA) is 45.3 Å². The van der Waals surface area contributed by atoms with Crippen molar-refractivity contribution in [2.75, 3.05) is 13.7 Å². The molecule has 146 valence electrons. The second kappa shape index (κ2) is 6.19. The maximum absolute atomic E-state index is 14.8. The van der Waals surface area contributed by atoms with Crippen molar-refractivity contribution in [2.45, 2.75) is 37.3 Å². The first-order valence-electron chi connectivity index (χ1n) is 9.61. The fraction of sp³-hybridized carbons (Fsp3) is 0.409. The SMILES string of the molecule is COC1C=C(Cl)C=CC1[C@H]1c2[nH]c3cccc(F)c3c2C2(CC2)CN1C(C)=O. The predicted octanol–water partition coefficient (Wildman–Crippen LogP) is 4.57. The number of hydrogen-bond acceptors (Lipinski definition) is 2. The van der Waals surface area contributed by atoms with Crippen molar-refractivity contribution in [1.82, 2.24) is 9.88 Å². The van der Waals surface area contributed by atoms with Gasteiger partial charge in [-0.3, -0.25) is 4.79 Å². The van der Waals surface area contributed by atoms with E-state index in [0.717, 1.165) is 29.6 Å². The highest BCUT2D eigenvalue weighted by Crippen LogP contribution is 2.58. The number of carbonyl (C=O) groups excluding carboxylic acids is 1. The Bertz CT molecular complexity index is 1040. The number of aromatic nitrogens is 1. The summed E-state index contributed by atoms with van der Waals surface area (Å²) in [6, 6.07) is 4.88. The molecule has 0 bridgehead atoms. The van der Waals surface area contributed by atoms with Crippen LogP contribution in [0.25, 0.3) is 10.9 Å². The first-order chi connectivity index (χ1) is 13.4. The van der Waals surface area contributed by atoms with Gasteiger partial charge in [0.25, 0.3) is 0 Å². The van der Waals surface area contributed by atoms with E-state index in [1.165, 1.54) is 6.07 Å². The zero-order chi connectivity index (χ0) is 19.6. The van der Waals surface area contributed by atoms with Gasteiger partial charge in [0.2, 0.25) is 5.91 Å². The molecule has 2 aromatic rings. The third kappa shape index (κ3) is 2.49. The summed E-state index contributed by atoms with van der Waals surface area (Å²) in [5, 5.41) is 1.29. The Morgan fingerprint density at radius 3 is 2.86 bits per heavy atom. The van der Waals surface area contributed by atoms with E-state index in [4.69, 9.17) is 16.3 Å². The quantitative estimate of drug-likeness (QED) is 0.802. The van der Waals surface area contributed by atoms with Gasteiger partial charge in [0.05, 0.1) is 12.1 Å². The molecule has 1 aromatic heterocycles. The summed E-state index contributed by atoms with van der Waals surface area (Å²) < 4.78 is 20.5. The van der Waals surface area contributed by atoms with Crippen LogP contribution in [-0.4, -0.2) is 35.5 Å². The molecule has 3 aliphatic rings. The van der Waals surface area contributed by atoms with Crippen LogP contribution in [0.5, 0.6) is 0 Å². The normalized spacial score (nSPS) is 27.8. The Labute approximate surface area is 168 Å². The summed E-state index contributed by atoms with van der Waals surface area (Å²) in [4.78, 5) is 18.0. The van der Waals surface area contributed by atoms with Crippen molar-refractivity contribution in [3.63, 3.8) is 0 Å². The second-order valence-corrected chi connectivity index (χ2v) is 8.57. The van der Waals surface area contributed by atoms with Crippen LogP contribution in [0.2, 0.25) is 0 Å². The molecule has 1 saturated carbocycles. The van der Waals surface area contributed by atoms with Crippen molar-refractivity contribution in [3.8, 4) is 0 Å². The number of methoxy groups -OCH3 is 1. The molecule has 1 amide bonds. The van der Waals surface area contributed by atoms with Crippen LogP contribution in [0.3, 0.4) is 0 Å². The van der Waals surface area contributed by atoms with Gasteiger partial charge in [-0.2, -0.15) is 0 Å². The molecule has 2 aliphatic carbocycles. The molecule has 2 heterocycles. The minimum Gasteiger partial charge on any atom is -0.377 e. The number of aromatic amines is 1. The number of rotatable bonds is 2. The largest absolute Gasteiger partial charge is 0.377 e. The molecular weight excluding hydrogens is 379 g/mol. The second-order valence-electron chi connectivity index (χ2n) is 8.14. The van der Waals surface area contributed by atoms with E-state index in [1.807, 2.05) is 29.2 Å². The van der Waals surface area contributed by atoms with Gasteiger partial charge < -0.3 is 14.6 Å². The molecule has 4 nitrogen and oxygen atoms in total. The Hall–Kier alpha value is -2.11. The Morgan fingerprint density at radius 2 is 2.18 bits per heavy atom. The van der Waals surface area contributed by atoms with E-state index < -0.39 is 0 Å². The molecule has 2 unspecified atom stereocenters. The lowest BCUT2D eigenvalue weighted by Gasteiger charge is -2.44. The number of fused-ring (bicyclic) bond motifs is 4. The zero-order valence-electron chi connectivity index (χ0n) is 15.8. The lowest BCUT2D eigenvalue weighted by molar-refractivity contribution is -0.134. The average molecular weight is 401 g/mol. The number of allylic oxidation sites excluding steroid dienone is 2. The van der Waals surface area contributed by atoms with E-state index in [0.29, 0.717) is 17.0 Å². The molecule has 1 spiro atoms. The molecule has 6 heteroatoms. The van der Waals surface area contributed by atoms with Crippen molar-refractivity contribution >= 4 is 28.4 Å². The molecule has 1 aliphatic heterocycles. The Balaban J connectivity index is 1.74. The van der Waals surface area contributed by atoms with Crippen LogP contribution in [0.15, 0.2) is 41.5 Å². The summed E-state index contributed by atoms with van der Waals surface area (Å²) in [6.07, 6.45) is 7.41. The van der Waals surface area contributed by atoms with Crippen molar-refractivity contribution < 1.29 is 13.9 Å². The summed E-state index contributed by atoms with van der Waals surface area (Å²) in [6.45, 7) is 2.22. The average Bonchev–Trinajstić information content (AvgIpc) is 3.31. The minimum atomic E-state index is -0.262. The number of hydrogen-bond donors (Lipinski definition) is 1. The van der Waals surface area contributed by atoms with Crippen LogP contribution in [0, 0.1) is 11.7 Å². The first kappa shape index (κ1) is 18.0. The number of amides is 1. The lowest BCUT2D eigenvalue weighted by Crippen LogP contribution is -2.48. The van der Waals surface area contributed by atoms with Crippen LogP contribution in [0.4, 0.5) is 4.39 Å². The van der Waals surface area contributed by atoms with Gasteiger partial charge in [0.1, 0.15) is 5.82 Å². The van der Waals surface area contributed by atoms with E-state index >= 15 is 0 Å². The fourth-order valence-electron chi connectivity index (χ4n) is 5.07. The van der Waals surface area contributed by atoms with Crippen molar-refractivity contribution in [1.29, 1.82) is 0 Å². The van der Waals surface area contributed by atoms with Gasteiger partial charge in [-0.1, -0.05) is 23.7 Å². The maximum atomic E-state index is 14.8. The monoisotopic (exact) mass is 400 g/mol. The number of carbonyl (C=O) groups is 1. The Morgan fingerprint density at radius 1 is 1.39 bits per heavy atom. The molecule has 1 N–H and O–H groups in total. The number of benzene rings is 1. The van der Waals surface area contributed by atoms with Crippen molar-refractivity contribution in [3.05, 3.63) is 58.5 Å². The fourth-order valence-corrected chi connectivity index (χ4v) is 5.27. The maximum Gasteiger partial charge on any atom is 0.220 e. The summed E-state index contributed by atoms with van der Waals surface area (Å²) in [7, 11) is 1.65. The molecule has 1 fully saturated rings. The summed E-state index contributed by atoms with van der Waals surface area (Å²) >= 11 is 6.19. The molecule has 1 aromatic carbocycles. The highest BCUT2D eigenvalue weighted by atomic mass is 35.5. The standard InChI is InChI=1S/C22H22ClFN2O2/c1-12(27)26-11-22(8-9-22)19-18-15(24)4-3-5-16(18)25-20(19)21(26)14-7-6-13(23)10-17(14)28-2/h3-7,10,14,17,21,25H,8-9,11H2,1-2H3/t14?,17?,21-/m0/s1. The third-order valence-electron chi connectivity index (χ3n) is 6.51. The predicted molar refractivity (Wildman–Crippen MR) is 107 cm³/mol. The number of nitrogens with zero attached hydrogens (tertiary/aromatic N) is 1. The minimum absolute atomic E-state index is 0.0185. The van der Waals surface area contributed by atoms with E-state index in [9.17, 15) is 9.18 Å². The van der Waals surface area contributed by atoms with Gasteiger partial charge in [-0.25, -0.2) is 4.39 Å². The van der Waals surface area contributed by atoms with Crippen LogP contribution < -0.4 is 0 Å². The molecule has 3 atom stereocenters. The van der Waals surface area contributed by atoms with Gasteiger partial charge in [0, 0.05) is 53.5 Å². The van der Waals surface area contributed by atoms with E-state index in [2.05, 4.69) is 4.98 Å². The van der Waals surface area contributed by atoms with Crippen LogP contribution >= 0.6 is 11.6 Å². The first-order valence-corrected chi connectivity index (χ1v) is 9.99. The van der Waals surface area contributed by atoms with Gasteiger partial charge in [-0.05, 0) is 42.7 Å². The van der Waals surface area contributed by atoms with Gasteiger partial charge in [-0.15, -0.1) is 0 Å². The van der Waals surface area contributed by atoms with Gasteiger partial charge in [0.15, 0.2) is 0 Å². The number of ether oxygens (including phenoxy) is 1. The highest BCUT2D eigenvalue weighted by molar-refractivity contribution is 6.31. The number of halogens is 2. The summed E-state index contributed by atoms with van der Waals surface area (Å²) in [5.41, 5.74) is 2.62. The van der Waals surface area contributed by atoms with Crippen molar-refractivity contribution in [2.24, 2.45) is 5.92 Å². The summed E-state index contributed by atoms with van der Waals surface area (Å²) in [5.74, 6) is -0.297. The molecule has 0 radical (unpaired) electrons. The number of H-pyrrole nitrogens is 1. The molecule has 0 saturated heterocycles. The van der Waals surface area contributed by atoms with Crippen LogP contribution in [0.1, 0.15) is 37.1 Å².